The average molecular weight is 347 g/mol. The molecule has 130 valence electrons. The van der Waals surface area contributed by atoms with Crippen LogP contribution >= 0.6 is 11.3 Å². The van der Waals surface area contributed by atoms with Crippen LogP contribution in [0, 0.1) is 0 Å². The summed E-state index contributed by atoms with van der Waals surface area (Å²) in [5, 5.41) is 7.59. The normalized spacial score (nSPS) is 12.6. The summed E-state index contributed by atoms with van der Waals surface area (Å²) >= 11 is 1.71. The minimum absolute atomic E-state index is 0.0182. The lowest BCUT2D eigenvalue weighted by atomic mass is 10.3. The zero-order valence-corrected chi connectivity index (χ0v) is 15.5. The largest absolute Gasteiger partial charge is 0.497 e. The Labute approximate surface area is 147 Å². The molecule has 0 aliphatic carbocycles. The molecule has 1 aromatic carbocycles. The Morgan fingerprint density at radius 2 is 1.96 bits per heavy atom. The molecule has 0 radical (unpaired) electrons. The third-order valence-electron chi connectivity index (χ3n) is 3.52. The first-order chi connectivity index (χ1) is 11.6. The fourth-order valence-electron chi connectivity index (χ4n) is 2.28. The van der Waals surface area contributed by atoms with Crippen LogP contribution in [0.3, 0.4) is 0 Å². The number of thiophene rings is 1. The minimum atomic E-state index is 0.0182. The molecule has 0 fully saturated rings. The van der Waals surface area contributed by atoms with E-state index in [2.05, 4.69) is 32.0 Å². The summed E-state index contributed by atoms with van der Waals surface area (Å²) < 4.78 is 11.1. The van der Waals surface area contributed by atoms with Crippen molar-refractivity contribution in [1.82, 2.24) is 10.2 Å². The van der Waals surface area contributed by atoms with Crippen molar-refractivity contribution in [2.45, 2.75) is 19.6 Å². The summed E-state index contributed by atoms with van der Waals surface area (Å²) in [6.45, 7) is 3.53. The van der Waals surface area contributed by atoms with Gasteiger partial charge in [0.15, 0.2) is 5.96 Å². The number of hydrogen-bond acceptors (Lipinski definition) is 4. The van der Waals surface area contributed by atoms with Crippen LogP contribution in [0.2, 0.25) is 0 Å². The van der Waals surface area contributed by atoms with E-state index >= 15 is 0 Å². The van der Waals surface area contributed by atoms with Gasteiger partial charge in [-0.2, -0.15) is 11.3 Å². The lowest BCUT2D eigenvalue weighted by Gasteiger charge is -2.23. The van der Waals surface area contributed by atoms with Crippen LogP contribution in [-0.2, 0) is 6.54 Å². The molecule has 1 atom stereocenters. The van der Waals surface area contributed by atoms with Crippen LogP contribution in [0.1, 0.15) is 12.5 Å². The molecule has 1 heterocycles. The Kier molecular flexibility index (Phi) is 6.93. The Morgan fingerprint density at radius 1 is 1.25 bits per heavy atom. The molecule has 0 spiro atoms. The number of nitrogens with one attached hydrogen (secondary N) is 1. The van der Waals surface area contributed by atoms with Crippen molar-refractivity contribution in [3.8, 4) is 11.5 Å². The first-order valence-corrected chi connectivity index (χ1v) is 8.80. The summed E-state index contributed by atoms with van der Waals surface area (Å²) in [5.41, 5.74) is 1.29. The predicted octanol–water partition coefficient (Wildman–Crippen LogP) is 3.23. The second-order valence-corrected chi connectivity index (χ2v) is 6.30. The third-order valence-corrected chi connectivity index (χ3v) is 4.25. The van der Waals surface area contributed by atoms with E-state index in [1.54, 1.807) is 25.5 Å². The Morgan fingerprint density at radius 3 is 2.54 bits per heavy atom. The van der Waals surface area contributed by atoms with E-state index in [9.17, 15) is 0 Å². The van der Waals surface area contributed by atoms with E-state index in [-0.39, 0.29) is 6.10 Å². The van der Waals surface area contributed by atoms with Gasteiger partial charge >= 0.3 is 0 Å². The number of nitrogens with zero attached hydrogens (tertiary/aromatic N) is 2. The SMILES string of the molecule is CN=C(NCC(C)Oc1ccc(OC)cc1)N(C)Cc1ccsc1. The molecule has 1 N–H and O–H groups in total. The molecule has 0 amide bonds. The smallest absolute Gasteiger partial charge is 0.193 e. The summed E-state index contributed by atoms with van der Waals surface area (Å²) in [6, 6.07) is 9.73. The zero-order valence-electron chi connectivity index (χ0n) is 14.7. The number of aliphatic imine (C=N–C) groups is 1. The van der Waals surface area contributed by atoms with Crippen molar-refractivity contribution < 1.29 is 9.47 Å². The molecule has 24 heavy (non-hydrogen) atoms. The Bertz CT molecular complexity index is 626. The monoisotopic (exact) mass is 347 g/mol. The summed E-state index contributed by atoms with van der Waals surface area (Å²) in [6.07, 6.45) is 0.0182. The van der Waals surface area contributed by atoms with Crippen molar-refractivity contribution in [1.29, 1.82) is 0 Å². The van der Waals surface area contributed by atoms with Gasteiger partial charge in [0, 0.05) is 20.6 Å². The summed E-state index contributed by atoms with van der Waals surface area (Å²) in [7, 11) is 5.48. The van der Waals surface area contributed by atoms with E-state index in [0.29, 0.717) is 6.54 Å². The van der Waals surface area contributed by atoms with Crippen molar-refractivity contribution in [3.05, 3.63) is 46.7 Å². The van der Waals surface area contributed by atoms with E-state index in [1.807, 2.05) is 38.2 Å². The molecular formula is C18H25N3O2S. The first kappa shape index (κ1) is 18.1. The number of guanidine groups is 1. The van der Waals surface area contributed by atoms with E-state index in [0.717, 1.165) is 24.0 Å². The molecular weight excluding hydrogens is 322 g/mol. The van der Waals surface area contributed by atoms with Gasteiger partial charge in [-0.1, -0.05) is 0 Å². The fraction of sp³-hybridized carbons (Fsp3) is 0.389. The van der Waals surface area contributed by atoms with Crippen LogP contribution in [0.5, 0.6) is 11.5 Å². The van der Waals surface area contributed by atoms with Gasteiger partial charge in [0.1, 0.15) is 17.6 Å². The highest BCUT2D eigenvalue weighted by molar-refractivity contribution is 7.07. The minimum Gasteiger partial charge on any atom is -0.497 e. The molecule has 6 heteroatoms. The zero-order chi connectivity index (χ0) is 17.4. The molecule has 0 saturated heterocycles. The highest BCUT2D eigenvalue weighted by atomic mass is 32.1. The molecule has 0 aliphatic heterocycles. The van der Waals surface area contributed by atoms with Gasteiger partial charge in [-0.15, -0.1) is 0 Å². The highest BCUT2D eigenvalue weighted by Crippen LogP contribution is 2.18. The van der Waals surface area contributed by atoms with E-state index < -0.39 is 0 Å². The number of benzene rings is 1. The van der Waals surface area contributed by atoms with Gasteiger partial charge in [-0.25, -0.2) is 0 Å². The topological polar surface area (TPSA) is 46.1 Å². The molecule has 0 bridgehead atoms. The van der Waals surface area contributed by atoms with Gasteiger partial charge in [0.2, 0.25) is 0 Å². The highest BCUT2D eigenvalue weighted by Gasteiger charge is 2.10. The predicted molar refractivity (Wildman–Crippen MR) is 100 cm³/mol. The average Bonchev–Trinajstić information content (AvgIpc) is 3.09. The molecule has 0 saturated carbocycles. The van der Waals surface area contributed by atoms with Crippen LogP contribution in [-0.4, -0.2) is 44.7 Å². The second-order valence-electron chi connectivity index (χ2n) is 5.52. The molecule has 5 nitrogen and oxygen atoms in total. The van der Waals surface area contributed by atoms with Crippen LogP contribution in [0.25, 0.3) is 0 Å². The van der Waals surface area contributed by atoms with Crippen LogP contribution < -0.4 is 14.8 Å². The molecule has 2 rings (SSSR count). The maximum absolute atomic E-state index is 5.90. The van der Waals surface area contributed by atoms with Crippen LogP contribution in [0.4, 0.5) is 0 Å². The molecule has 1 unspecified atom stereocenters. The van der Waals surface area contributed by atoms with Crippen molar-refractivity contribution in [3.63, 3.8) is 0 Å². The maximum Gasteiger partial charge on any atom is 0.193 e. The van der Waals surface area contributed by atoms with Crippen molar-refractivity contribution in [2.75, 3.05) is 27.7 Å². The second kappa shape index (κ2) is 9.17. The van der Waals surface area contributed by atoms with E-state index in [4.69, 9.17) is 9.47 Å². The van der Waals surface area contributed by atoms with Gasteiger partial charge < -0.3 is 19.7 Å². The number of methoxy groups -OCH3 is 1. The summed E-state index contributed by atoms with van der Waals surface area (Å²) in [5.74, 6) is 2.50. The maximum atomic E-state index is 5.90. The quantitative estimate of drug-likeness (QED) is 0.617. The third kappa shape index (κ3) is 5.45. The number of ether oxygens (including phenoxy) is 2. The Balaban J connectivity index is 1.81. The molecule has 0 aliphatic rings. The van der Waals surface area contributed by atoms with Gasteiger partial charge in [0.25, 0.3) is 0 Å². The lowest BCUT2D eigenvalue weighted by molar-refractivity contribution is 0.222. The van der Waals surface area contributed by atoms with E-state index in [1.165, 1.54) is 5.56 Å². The van der Waals surface area contributed by atoms with Gasteiger partial charge in [-0.3, -0.25) is 4.99 Å². The Hall–Kier alpha value is -2.21. The lowest BCUT2D eigenvalue weighted by Crippen LogP contribution is -2.42. The number of hydrogen-bond donors (Lipinski definition) is 1. The van der Waals surface area contributed by atoms with Crippen molar-refractivity contribution >= 4 is 17.3 Å². The fourth-order valence-corrected chi connectivity index (χ4v) is 2.94. The van der Waals surface area contributed by atoms with Gasteiger partial charge in [0.05, 0.1) is 13.7 Å². The van der Waals surface area contributed by atoms with Gasteiger partial charge in [-0.05, 0) is 53.6 Å². The standard InChI is InChI=1S/C18H25N3O2S/c1-14(23-17-7-5-16(22-4)6-8-17)11-20-18(19-2)21(3)12-15-9-10-24-13-15/h5-10,13-14H,11-12H2,1-4H3,(H,19,20). The molecule has 2 aromatic rings. The number of rotatable bonds is 7. The van der Waals surface area contributed by atoms with Crippen LogP contribution in [0.15, 0.2) is 46.1 Å². The molecule has 1 aromatic heterocycles. The first-order valence-electron chi connectivity index (χ1n) is 7.86. The van der Waals surface area contributed by atoms with Crippen molar-refractivity contribution in [2.24, 2.45) is 4.99 Å². The summed E-state index contributed by atoms with van der Waals surface area (Å²) in [4.78, 5) is 6.43.